The van der Waals surface area contributed by atoms with Gasteiger partial charge in [0.15, 0.2) is 0 Å². The molecular formula is C13H11ClN4. The fourth-order valence-electron chi connectivity index (χ4n) is 2.34. The van der Waals surface area contributed by atoms with Gasteiger partial charge >= 0.3 is 0 Å². The minimum absolute atomic E-state index is 0.391. The maximum atomic E-state index is 9.28. The van der Waals surface area contributed by atoms with Crippen LogP contribution in [0.2, 0.25) is 5.02 Å². The SMILES string of the molecule is CC1(C)N=NC(C#N)(C#N)C1c1ccc(Cl)cc1. The second-order valence-electron chi connectivity index (χ2n) is 4.83. The van der Waals surface area contributed by atoms with Gasteiger partial charge in [-0.3, -0.25) is 0 Å². The molecule has 2 rings (SSSR count). The van der Waals surface area contributed by atoms with Crippen LogP contribution in [0.25, 0.3) is 0 Å². The second-order valence-corrected chi connectivity index (χ2v) is 5.26. The summed E-state index contributed by atoms with van der Waals surface area (Å²) in [4.78, 5) is 0. The first kappa shape index (κ1) is 12.5. The monoisotopic (exact) mass is 258 g/mol. The molecule has 0 radical (unpaired) electrons. The van der Waals surface area contributed by atoms with E-state index in [2.05, 4.69) is 10.2 Å². The Morgan fingerprint density at radius 2 is 1.67 bits per heavy atom. The number of nitriles is 2. The van der Waals surface area contributed by atoms with Gasteiger partial charge in [0.05, 0.1) is 11.5 Å². The van der Waals surface area contributed by atoms with Crippen LogP contribution in [-0.4, -0.2) is 11.1 Å². The molecule has 0 N–H and O–H groups in total. The average molecular weight is 259 g/mol. The van der Waals surface area contributed by atoms with Crippen LogP contribution in [-0.2, 0) is 0 Å². The van der Waals surface area contributed by atoms with E-state index in [4.69, 9.17) is 11.6 Å². The van der Waals surface area contributed by atoms with Crippen molar-refractivity contribution in [1.82, 2.24) is 0 Å². The Morgan fingerprint density at radius 1 is 1.11 bits per heavy atom. The molecule has 0 aliphatic carbocycles. The van der Waals surface area contributed by atoms with Gasteiger partial charge in [-0.1, -0.05) is 23.7 Å². The maximum Gasteiger partial charge on any atom is 0.260 e. The van der Waals surface area contributed by atoms with Crippen LogP contribution in [0.5, 0.6) is 0 Å². The van der Waals surface area contributed by atoms with Gasteiger partial charge in [-0.2, -0.15) is 20.8 Å². The molecule has 1 aliphatic heterocycles. The van der Waals surface area contributed by atoms with Gasteiger partial charge in [0.1, 0.15) is 12.1 Å². The number of hydrogen-bond donors (Lipinski definition) is 0. The Balaban J connectivity index is 2.56. The van der Waals surface area contributed by atoms with E-state index >= 15 is 0 Å². The van der Waals surface area contributed by atoms with Crippen LogP contribution in [0.1, 0.15) is 25.3 Å². The normalized spacial score (nSPS) is 23.3. The lowest BCUT2D eigenvalue weighted by Crippen LogP contribution is -2.37. The number of azo groups is 1. The Bertz CT molecular complexity index is 560. The zero-order valence-electron chi connectivity index (χ0n) is 10.1. The molecule has 0 aromatic heterocycles. The topological polar surface area (TPSA) is 72.3 Å². The first-order valence-corrected chi connectivity index (χ1v) is 5.85. The van der Waals surface area contributed by atoms with E-state index in [1.54, 1.807) is 12.1 Å². The Kier molecular flexibility index (Phi) is 2.84. The summed E-state index contributed by atoms with van der Waals surface area (Å²) < 4.78 is 0. The molecule has 18 heavy (non-hydrogen) atoms. The molecule has 90 valence electrons. The van der Waals surface area contributed by atoms with E-state index in [9.17, 15) is 10.5 Å². The van der Waals surface area contributed by atoms with Crippen molar-refractivity contribution < 1.29 is 0 Å². The molecule has 0 saturated heterocycles. The molecule has 0 saturated carbocycles. The van der Waals surface area contributed by atoms with Gasteiger partial charge in [0, 0.05) is 5.02 Å². The first-order valence-electron chi connectivity index (χ1n) is 5.47. The fourth-order valence-corrected chi connectivity index (χ4v) is 2.46. The summed E-state index contributed by atoms with van der Waals surface area (Å²) in [5, 5.41) is 27.2. The van der Waals surface area contributed by atoms with Crippen molar-refractivity contribution in [1.29, 1.82) is 10.5 Å². The predicted octanol–water partition coefficient (Wildman–Crippen LogP) is 3.45. The molecule has 1 heterocycles. The van der Waals surface area contributed by atoms with E-state index in [1.807, 2.05) is 38.1 Å². The van der Waals surface area contributed by atoms with Gasteiger partial charge in [-0.25, -0.2) is 0 Å². The summed E-state index contributed by atoms with van der Waals surface area (Å²) in [7, 11) is 0. The summed E-state index contributed by atoms with van der Waals surface area (Å²) in [6.45, 7) is 3.73. The summed E-state index contributed by atoms with van der Waals surface area (Å²) in [5.41, 5.74) is -1.19. The number of hydrogen-bond acceptors (Lipinski definition) is 4. The smallest absolute Gasteiger partial charge is 0.194 e. The fraction of sp³-hybridized carbons (Fsp3) is 0.385. The molecule has 0 amide bonds. The van der Waals surface area contributed by atoms with Gasteiger partial charge in [-0.05, 0) is 31.5 Å². The zero-order chi connectivity index (χ0) is 13.4. The van der Waals surface area contributed by atoms with Gasteiger partial charge in [-0.15, -0.1) is 0 Å². The third-order valence-electron chi connectivity index (χ3n) is 3.13. The van der Waals surface area contributed by atoms with Crippen LogP contribution in [0.3, 0.4) is 0 Å². The summed E-state index contributed by atoms with van der Waals surface area (Å²) in [5.74, 6) is -0.391. The van der Waals surface area contributed by atoms with Crippen LogP contribution in [0, 0.1) is 22.7 Å². The standard InChI is InChI=1S/C13H11ClN4/c1-12(2)11(9-3-5-10(14)6-4-9)13(7-15,8-16)18-17-12/h3-6,11H,1-2H3. The molecule has 0 fully saturated rings. The Morgan fingerprint density at radius 3 is 2.17 bits per heavy atom. The lowest BCUT2D eigenvalue weighted by Gasteiger charge is -2.28. The first-order chi connectivity index (χ1) is 8.45. The van der Waals surface area contributed by atoms with E-state index in [0.717, 1.165) is 5.56 Å². The highest BCUT2D eigenvalue weighted by Gasteiger charge is 2.54. The molecule has 0 spiro atoms. The van der Waals surface area contributed by atoms with Gasteiger partial charge in [0.25, 0.3) is 5.54 Å². The summed E-state index contributed by atoms with van der Waals surface area (Å²) in [6, 6.07) is 11.1. The molecular weight excluding hydrogens is 248 g/mol. The van der Waals surface area contributed by atoms with E-state index in [0.29, 0.717) is 5.02 Å². The number of benzene rings is 1. The lowest BCUT2D eigenvalue weighted by atomic mass is 9.72. The molecule has 4 nitrogen and oxygen atoms in total. The number of rotatable bonds is 1. The number of nitrogens with zero attached hydrogens (tertiary/aromatic N) is 4. The van der Waals surface area contributed by atoms with Crippen molar-refractivity contribution in [3.63, 3.8) is 0 Å². The van der Waals surface area contributed by atoms with Crippen molar-refractivity contribution >= 4 is 11.6 Å². The predicted molar refractivity (Wildman–Crippen MR) is 67.1 cm³/mol. The Labute approximate surface area is 111 Å². The molecule has 0 bridgehead atoms. The van der Waals surface area contributed by atoms with Gasteiger partial charge in [0.2, 0.25) is 0 Å². The molecule has 1 aliphatic rings. The second kappa shape index (κ2) is 4.08. The maximum absolute atomic E-state index is 9.28. The lowest BCUT2D eigenvalue weighted by molar-refractivity contribution is 0.416. The van der Waals surface area contributed by atoms with Crippen molar-refractivity contribution in [2.24, 2.45) is 10.2 Å². The third kappa shape index (κ3) is 1.75. The van der Waals surface area contributed by atoms with Crippen LogP contribution < -0.4 is 0 Å². The van der Waals surface area contributed by atoms with Crippen LogP contribution >= 0.6 is 11.6 Å². The van der Waals surface area contributed by atoms with Gasteiger partial charge < -0.3 is 0 Å². The molecule has 1 atom stereocenters. The van der Waals surface area contributed by atoms with Crippen molar-refractivity contribution in [2.45, 2.75) is 30.8 Å². The van der Waals surface area contributed by atoms with Crippen LogP contribution in [0.15, 0.2) is 34.5 Å². The average Bonchev–Trinajstić information content (AvgIpc) is 2.63. The summed E-state index contributed by atoms with van der Waals surface area (Å²) in [6.07, 6.45) is 0. The van der Waals surface area contributed by atoms with Crippen molar-refractivity contribution in [3.05, 3.63) is 34.9 Å². The largest absolute Gasteiger partial charge is 0.260 e. The van der Waals surface area contributed by atoms with Crippen LogP contribution in [0.4, 0.5) is 0 Å². The highest BCUT2D eigenvalue weighted by atomic mass is 35.5. The zero-order valence-corrected chi connectivity index (χ0v) is 10.8. The minimum atomic E-state index is -1.45. The van der Waals surface area contributed by atoms with E-state index in [1.165, 1.54) is 0 Å². The highest BCUT2D eigenvalue weighted by molar-refractivity contribution is 6.30. The summed E-state index contributed by atoms with van der Waals surface area (Å²) >= 11 is 5.85. The van der Waals surface area contributed by atoms with Crippen molar-refractivity contribution in [3.8, 4) is 12.1 Å². The Hall–Kier alpha value is -1.91. The number of halogens is 1. The molecule has 1 aromatic carbocycles. The molecule has 1 unspecified atom stereocenters. The van der Waals surface area contributed by atoms with Crippen molar-refractivity contribution in [2.75, 3.05) is 0 Å². The quantitative estimate of drug-likeness (QED) is 0.774. The van der Waals surface area contributed by atoms with E-state index in [-0.39, 0.29) is 0 Å². The van der Waals surface area contributed by atoms with E-state index < -0.39 is 17.0 Å². The highest BCUT2D eigenvalue weighted by Crippen LogP contribution is 2.47. The minimum Gasteiger partial charge on any atom is -0.194 e. The molecule has 5 heteroatoms. The third-order valence-corrected chi connectivity index (χ3v) is 3.39. The molecule has 1 aromatic rings.